The van der Waals surface area contributed by atoms with Gasteiger partial charge in [0.15, 0.2) is 0 Å². The van der Waals surface area contributed by atoms with E-state index >= 15 is 0 Å². The molecular weight excluding hydrogens is 678 g/mol. The maximum Gasteiger partial charge on any atom is 0.411 e. The largest absolute Gasteiger partial charge is 0.453 e. The Kier molecular flexibility index (Phi) is 10.4. The number of methoxy groups -OCH3 is 1. The number of amides is 3. The topological polar surface area (TPSA) is 205 Å². The lowest BCUT2D eigenvalue weighted by molar-refractivity contribution is -0.153. The highest BCUT2D eigenvalue weighted by Gasteiger charge is 2.41. The highest BCUT2D eigenvalue weighted by atomic mass is 35.5. The van der Waals surface area contributed by atoms with Crippen LogP contribution in [-0.2, 0) is 20.9 Å². The zero-order chi connectivity index (χ0) is 36.1. The summed E-state index contributed by atoms with van der Waals surface area (Å²) in [5.74, 6) is 0.0134. The van der Waals surface area contributed by atoms with Crippen LogP contribution in [0.25, 0.3) is 23.0 Å². The third-order valence-corrected chi connectivity index (χ3v) is 8.89. The minimum Gasteiger partial charge on any atom is -0.453 e. The van der Waals surface area contributed by atoms with Crippen LogP contribution in [0.2, 0.25) is 5.02 Å². The quantitative estimate of drug-likeness (QED) is 0.131. The lowest BCUT2D eigenvalue weighted by Crippen LogP contribution is -2.64. The van der Waals surface area contributed by atoms with Gasteiger partial charge in [0.25, 0.3) is 0 Å². The van der Waals surface area contributed by atoms with E-state index in [0.29, 0.717) is 76.1 Å². The van der Waals surface area contributed by atoms with Crippen LogP contribution < -0.4 is 16.0 Å². The molecule has 0 aliphatic carbocycles. The van der Waals surface area contributed by atoms with Gasteiger partial charge in [0.1, 0.15) is 18.2 Å². The van der Waals surface area contributed by atoms with Gasteiger partial charge in [0.05, 0.1) is 55.5 Å². The number of hydrogen-bond donors (Lipinski definition) is 5. The van der Waals surface area contributed by atoms with Crippen molar-refractivity contribution in [1.82, 2.24) is 40.4 Å². The van der Waals surface area contributed by atoms with E-state index in [1.54, 1.807) is 54.3 Å². The lowest BCUT2D eigenvalue weighted by Gasteiger charge is -2.45. The third kappa shape index (κ3) is 8.24. The van der Waals surface area contributed by atoms with Crippen molar-refractivity contribution >= 4 is 53.7 Å². The summed E-state index contributed by atoms with van der Waals surface area (Å²) in [4.78, 5) is 53.3. The number of β-amino-alcohol motifs (C(OH)–C–C–N with tert-alkyl or cyclic N) is 1. The van der Waals surface area contributed by atoms with Gasteiger partial charge in [-0.3, -0.25) is 19.9 Å². The fraction of sp³-hybridized carbons (Fsp3) is 0.353. The first-order valence-corrected chi connectivity index (χ1v) is 16.7. The Labute approximate surface area is 298 Å². The Morgan fingerprint density at radius 1 is 1.20 bits per heavy atom. The molecule has 16 nitrogen and oxygen atoms in total. The second kappa shape index (κ2) is 15.1. The normalized spacial score (nSPS) is 18.3. The van der Waals surface area contributed by atoms with E-state index in [2.05, 4.69) is 48.2 Å². The Morgan fingerprint density at radius 2 is 2.00 bits per heavy atom. The summed E-state index contributed by atoms with van der Waals surface area (Å²) < 4.78 is 6.26. The molecule has 2 atom stereocenters. The second-order valence-electron chi connectivity index (χ2n) is 12.7. The fourth-order valence-corrected chi connectivity index (χ4v) is 6.44. The Morgan fingerprint density at radius 3 is 2.73 bits per heavy atom. The molecule has 51 heavy (non-hydrogen) atoms. The van der Waals surface area contributed by atoms with E-state index in [9.17, 15) is 19.5 Å². The number of aromatic nitrogens is 6. The number of halogens is 1. The molecular formula is C34H38ClN11O5. The molecule has 4 heterocycles. The van der Waals surface area contributed by atoms with E-state index < -0.39 is 23.8 Å². The van der Waals surface area contributed by atoms with Crippen LogP contribution in [0.4, 0.5) is 16.2 Å². The lowest BCUT2D eigenvalue weighted by atomic mass is 9.94. The van der Waals surface area contributed by atoms with E-state index in [4.69, 9.17) is 21.3 Å². The SMILES string of the molecule is C=NCc1[nH]c2nc1-c1ccc(NC(=O)OC)cc1N[C@@H](C(=O)N1CC(C)(O)C1)CCCC[C@@H]2NC(=O)/C=C/c1cc(Cl)ccc1-n1cnnn1. The molecule has 2 aromatic carbocycles. The number of aliphatic hydroxyl groups is 1. The molecule has 0 spiro atoms. The van der Waals surface area contributed by atoms with Crippen LogP contribution in [0.3, 0.4) is 0 Å². The van der Waals surface area contributed by atoms with E-state index in [1.165, 1.54) is 24.2 Å². The van der Waals surface area contributed by atoms with Gasteiger partial charge >= 0.3 is 6.09 Å². The summed E-state index contributed by atoms with van der Waals surface area (Å²) in [6.45, 7) is 6.03. The number of nitrogens with zero attached hydrogens (tertiary/aromatic N) is 7. The number of imidazole rings is 1. The van der Waals surface area contributed by atoms with Crippen LogP contribution in [-0.4, -0.2) is 96.6 Å². The van der Waals surface area contributed by atoms with Crippen LogP contribution in [0.5, 0.6) is 0 Å². The highest BCUT2D eigenvalue weighted by Crippen LogP contribution is 2.36. The Hall–Kier alpha value is -5.61. The summed E-state index contributed by atoms with van der Waals surface area (Å²) in [6.07, 6.45) is 6.14. The number of tetrazole rings is 1. The van der Waals surface area contributed by atoms with Gasteiger partial charge in [-0.05, 0) is 79.4 Å². The molecule has 3 amide bonds. The predicted octanol–water partition coefficient (Wildman–Crippen LogP) is 3.90. The average Bonchev–Trinajstić information content (AvgIpc) is 3.77. The summed E-state index contributed by atoms with van der Waals surface area (Å²) in [5.41, 5.74) is 3.16. The molecule has 1 saturated heterocycles. The summed E-state index contributed by atoms with van der Waals surface area (Å²) in [5, 5.41) is 31.3. The predicted molar refractivity (Wildman–Crippen MR) is 190 cm³/mol. The van der Waals surface area contributed by atoms with Gasteiger partial charge in [-0.1, -0.05) is 24.4 Å². The van der Waals surface area contributed by atoms with Crippen molar-refractivity contribution in [1.29, 1.82) is 0 Å². The van der Waals surface area contributed by atoms with Crippen LogP contribution in [0.1, 0.15) is 55.7 Å². The number of aliphatic imine (C=N–C) groups is 1. The van der Waals surface area contributed by atoms with Crippen LogP contribution >= 0.6 is 11.6 Å². The van der Waals surface area contributed by atoms with Crippen molar-refractivity contribution in [2.45, 2.75) is 56.8 Å². The molecule has 17 heteroatoms. The molecule has 0 radical (unpaired) electrons. The molecule has 0 unspecified atom stereocenters. The number of H-pyrrole nitrogens is 1. The first kappa shape index (κ1) is 35.2. The molecule has 0 saturated carbocycles. The third-order valence-electron chi connectivity index (χ3n) is 8.66. The van der Waals surface area contributed by atoms with Gasteiger partial charge < -0.3 is 30.4 Å². The minimum atomic E-state index is -0.934. The van der Waals surface area contributed by atoms with E-state index in [0.717, 1.165) is 0 Å². The van der Waals surface area contributed by atoms with Crippen molar-refractivity contribution in [3.05, 3.63) is 70.9 Å². The van der Waals surface area contributed by atoms with Gasteiger partial charge in [-0.25, -0.2) is 9.78 Å². The summed E-state index contributed by atoms with van der Waals surface area (Å²) in [7, 11) is 1.27. The molecule has 2 aromatic heterocycles. The number of ether oxygens (including phenoxy) is 1. The van der Waals surface area contributed by atoms with Crippen molar-refractivity contribution in [2.24, 2.45) is 4.99 Å². The Balaban J connectivity index is 1.33. The monoisotopic (exact) mass is 715 g/mol. The maximum atomic E-state index is 13.8. The highest BCUT2D eigenvalue weighted by molar-refractivity contribution is 6.30. The second-order valence-corrected chi connectivity index (χ2v) is 13.2. The number of anilines is 2. The number of rotatable bonds is 8. The van der Waals surface area contributed by atoms with Crippen molar-refractivity contribution in [3.63, 3.8) is 0 Å². The number of nitrogens with one attached hydrogen (secondary N) is 4. The minimum absolute atomic E-state index is 0.149. The van der Waals surface area contributed by atoms with Crippen molar-refractivity contribution in [2.75, 3.05) is 30.8 Å². The van der Waals surface area contributed by atoms with Crippen LogP contribution in [0.15, 0.2) is 53.8 Å². The molecule has 1 fully saturated rings. The molecule has 2 aliphatic heterocycles. The number of carbonyl (C=O) groups is 3. The molecule has 2 aliphatic rings. The van der Waals surface area contributed by atoms with Crippen molar-refractivity contribution < 1.29 is 24.2 Å². The van der Waals surface area contributed by atoms with Gasteiger partial charge in [0.2, 0.25) is 11.8 Å². The number of hydrogen-bond acceptors (Lipinski definition) is 11. The van der Waals surface area contributed by atoms with E-state index in [-0.39, 0.29) is 31.4 Å². The molecule has 4 aromatic rings. The number of aromatic amines is 1. The number of likely N-dealkylation sites (tertiary alicyclic amines) is 1. The molecule has 2 bridgehead atoms. The van der Waals surface area contributed by atoms with Crippen molar-refractivity contribution in [3.8, 4) is 16.9 Å². The van der Waals surface area contributed by atoms with Crippen LogP contribution in [0, 0.1) is 0 Å². The smallest absolute Gasteiger partial charge is 0.411 e. The van der Waals surface area contributed by atoms with Gasteiger partial charge in [-0.15, -0.1) is 5.10 Å². The zero-order valence-corrected chi connectivity index (χ0v) is 28.9. The number of carbonyl (C=O) groups excluding carboxylic acids is 3. The first-order valence-electron chi connectivity index (χ1n) is 16.3. The summed E-state index contributed by atoms with van der Waals surface area (Å²) in [6, 6.07) is 9.22. The number of fused-ring (bicyclic) bond motifs is 4. The average molecular weight is 716 g/mol. The summed E-state index contributed by atoms with van der Waals surface area (Å²) >= 11 is 6.26. The standard InChI is InChI=1S/C34H38ClN11O5/c1-34(50)17-45(18-34)32(48)25-7-5-4-6-24(40-29(47)13-8-20-14-21(35)9-12-28(20)46-19-37-43-44-46)31-41-27(16-36-2)30(42-31)23-11-10-22(15-26(23)39-25)38-33(49)51-3/h8-15,19,24-25,39,50H,2,4-7,16-18H2,1,3H3,(H,38,49)(H,40,47)(H,41,42)/b13-8+/t24-,25+/m0/s1. The van der Waals surface area contributed by atoms with Gasteiger partial charge in [0, 0.05) is 33.6 Å². The van der Waals surface area contributed by atoms with E-state index in [1.807, 2.05) is 0 Å². The zero-order valence-electron chi connectivity index (χ0n) is 28.1. The van der Waals surface area contributed by atoms with Gasteiger partial charge in [-0.2, -0.15) is 4.68 Å². The molecule has 266 valence electrons. The maximum absolute atomic E-state index is 13.8. The first-order chi connectivity index (χ1) is 24.5. The number of benzene rings is 2. The molecule has 5 N–H and O–H groups in total. The molecule has 6 rings (SSSR count). The Bertz CT molecular complexity index is 1950. The fourth-order valence-electron chi connectivity index (χ4n) is 6.26.